The lowest BCUT2D eigenvalue weighted by atomic mass is 10.0. The Hall–Kier alpha value is -1.46. The fourth-order valence-corrected chi connectivity index (χ4v) is 1.59. The molecule has 0 aromatic rings. The molecule has 0 saturated carbocycles. The summed E-state index contributed by atoms with van der Waals surface area (Å²) in [6.07, 6.45) is 2.80. The number of nitrogens with two attached hydrogens (primary N) is 2. The van der Waals surface area contributed by atoms with E-state index in [2.05, 4.69) is 5.16 Å². The van der Waals surface area contributed by atoms with E-state index in [0.29, 0.717) is 6.54 Å². The summed E-state index contributed by atoms with van der Waals surface area (Å²) in [5.74, 6) is 0.117. The third-order valence-electron chi connectivity index (χ3n) is 2.27. The molecule has 6 heteroatoms. The first-order valence-corrected chi connectivity index (χ1v) is 4.25. The van der Waals surface area contributed by atoms with Crippen LogP contribution in [-0.4, -0.2) is 34.5 Å². The first-order valence-electron chi connectivity index (χ1n) is 4.25. The van der Waals surface area contributed by atoms with Gasteiger partial charge in [-0.3, -0.25) is 5.41 Å². The molecular weight excluding hydrogens is 170 g/mol. The second kappa shape index (κ2) is 3.97. The summed E-state index contributed by atoms with van der Waals surface area (Å²) in [5, 5.41) is 18.8. The second-order valence-electron chi connectivity index (χ2n) is 3.12. The van der Waals surface area contributed by atoms with E-state index in [1.54, 1.807) is 4.90 Å². The monoisotopic (exact) mass is 185 g/mol. The van der Waals surface area contributed by atoms with Crippen molar-refractivity contribution in [3.8, 4) is 0 Å². The largest absolute Gasteiger partial charge is 0.409 e. The molecule has 0 bridgehead atoms. The molecule has 0 aromatic carbocycles. The quantitative estimate of drug-likeness (QED) is 0.190. The van der Waals surface area contributed by atoms with Crippen LogP contribution in [0.25, 0.3) is 0 Å². The van der Waals surface area contributed by atoms with E-state index in [1.807, 2.05) is 0 Å². The first-order chi connectivity index (χ1) is 6.16. The average Bonchev–Trinajstić information content (AvgIpc) is 2.16. The summed E-state index contributed by atoms with van der Waals surface area (Å²) in [7, 11) is 0. The SMILES string of the molecule is N=C(N)N1CCCCC1/C(N)=N/O. The number of guanidine groups is 1. The van der Waals surface area contributed by atoms with Gasteiger partial charge < -0.3 is 21.6 Å². The van der Waals surface area contributed by atoms with Crippen molar-refractivity contribution < 1.29 is 5.21 Å². The molecule has 1 aliphatic heterocycles. The van der Waals surface area contributed by atoms with E-state index >= 15 is 0 Å². The molecule has 1 heterocycles. The molecule has 1 atom stereocenters. The zero-order chi connectivity index (χ0) is 9.84. The van der Waals surface area contributed by atoms with Crippen LogP contribution in [0.2, 0.25) is 0 Å². The maximum Gasteiger partial charge on any atom is 0.189 e. The highest BCUT2D eigenvalue weighted by Crippen LogP contribution is 2.16. The molecule has 1 fully saturated rings. The summed E-state index contributed by atoms with van der Waals surface area (Å²) in [5.41, 5.74) is 10.8. The van der Waals surface area contributed by atoms with Crippen molar-refractivity contribution in [3.63, 3.8) is 0 Å². The molecule has 6 nitrogen and oxygen atoms in total. The number of hydrogen-bond acceptors (Lipinski definition) is 3. The molecule has 0 radical (unpaired) electrons. The number of hydrogen-bond donors (Lipinski definition) is 4. The fourth-order valence-electron chi connectivity index (χ4n) is 1.59. The lowest BCUT2D eigenvalue weighted by molar-refractivity contribution is 0.272. The van der Waals surface area contributed by atoms with Crippen molar-refractivity contribution in [2.24, 2.45) is 16.6 Å². The normalized spacial score (nSPS) is 24.5. The van der Waals surface area contributed by atoms with Crippen LogP contribution in [0.15, 0.2) is 5.16 Å². The van der Waals surface area contributed by atoms with Crippen molar-refractivity contribution in [2.75, 3.05) is 6.54 Å². The van der Waals surface area contributed by atoms with Gasteiger partial charge in [-0.15, -0.1) is 0 Å². The number of piperidine rings is 1. The van der Waals surface area contributed by atoms with Crippen LogP contribution in [0.3, 0.4) is 0 Å². The number of amidine groups is 1. The Morgan fingerprint density at radius 1 is 1.46 bits per heavy atom. The molecule has 0 amide bonds. The summed E-state index contributed by atoms with van der Waals surface area (Å²) < 4.78 is 0. The van der Waals surface area contributed by atoms with E-state index in [9.17, 15) is 0 Å². The van der Waals surface area contributed by atoms with Gasteiger partial charge in [-0.2, -0.15) is 0 Å². The van der Waals surface area contributed by atoms with Gasteiger partial charge >= 0.3 is 0 Å². The van der Waals surface area contributed by atoms with Gasteiger partial charge in [-0.1, -0.05) is 5.16 Å². The van der Waals surface area contributed by atoms with Gasteiger partial charge in [0.15, 0.2) is 11.8 Å². The molecule has 1 aliphatic rings. The van der Waals surface area contributed by atoms with Gasteiger partial charge in [-0.05, 0) is 19.3 Å². The van der Waals surface area contributed by atoms with E-state index in [1.165, 1.54) is 0 Å². The van der Waals surface area contributed by atoms with Gasteiger partial charge in [0.2, 0.25) is 0 Å². The third-order valence-corrected chi connectivity index (χ3v) is 2.27. The highest BCUT2D eigenvalue weighted by atomic mass is 16.4. The Labute approximate surface area is 76.7 Å². The van der Waals surface area contributed by atoms with Crippen molar-refractivity contribution >= 4 is 11.8 Å². The van der Waals surface area contributed by atoms with Crippen LogP contribution in [0.1, 0.15) is 19.3 Å². The summed E-state index contributed by atoms with van der Waals surface area (Å²) in [6, 6.07) is -0.212. The Balaban J connectivity index is 2.73. The molecule has 0 aromatic heterocycles. The zero-order valence-electron chi connectivity index (χ0n) is 7.40. The smallest absolute Gasteiger partial charge is 0.189 e. The number of nitrogens with zero attached hydrogens (tertiary/aromatic N) is 2. The molecule has 13 heavy (non-hydrogen) atoms. The van der Waals surface area contributed by atoms with E-state index < -0.39 is 0 Å². The van der Waals surface area contributed by atoms with Gasteiger partial charge in [0.25, 0.3) is 0 Å². The van der Waals surface area contributed by atoms with Crippen LogP contribution >= 0.6 is 0 Å². The Morgan fingerprint density at radius 3 is 2.69 bits per heavy atom. The standard InChI is InChI=1S/C7H15N5O/c8-6(11-13)5-3-1-2-4-12(5)7(9)10/h5,13H,1-4H2,(H2,8,11)(H3,9,10). The average molecular weight is 185 g/mol. The lowest BCUT2D eigenvalue weighted by Gasteiger charge is -2.34. The Bertz CT molecular complexity index is 227. The Morgan fingerprint density at radius 2 is 2.15 bits per heavy atom. The van der Waals surface area contributed by atoms with Gasteiger partial charge in [0.05, 0.1) is 6.04 Å². The molecule has 1 saturated heterocycles. The van der Waals surface area contributed by atoms with Crippen LogP contribution in [0, 0.1) is 5.41 Å². The predicted molar refractivity (Wildman–Crippen MR) is 49.7 cm³/mol. The maximum absolute atomic E-state index is 8.51. The van der Waals surface area contributed by atoms with Crippen LogP contribution in [0.5, 0.6) is 0 Å². The van der Waals surface area contributed by atoms with Gasteiger partial charge in [0.1, 0.15) is 0 Å². The van der Waals surface area contributed by atoms with E-state index in [-0.39, 0.29) is 17.8 Å². The topological polar surface area (TPSA) is 112 Å². The summed E-state index contributed by atoms with van der Waals surface area (Å²) in [6.45, 7) is 0.705. The Kier molecular flexibility index (Phi) is 2.94. The zero-order valence-corrected chi connectivity index (χ0v) is 7.40. The highest BCUT2D eigenvalue weighted by molar-refractivity contribution is 5.89. The van der Waals surface area contributed by atoms with Crippen LogP contribution in [0.4, 0.5) is 0 Å². The number of rotatable bonds is 1. The van der Waals surface area contributed by atoms with E-state index in [4.69, 9.17) is 22.1 Å². The van der Waals surface area contributed by atoms with Crippen LogP contribution < -0.4 is 11.5 Å². The molecule has 0 spiro atoms. The van der Waals surface area contributed by atoms with E-state index in [0.717, 1.165) is 19.3 Å². The summed E-state index contributed by atoms with van der Waals surface area (Å²) >= 11 is 0. The molecule has 6 N–H and O–H groups in total. The number of oxime groups is 1. The molecular formula is C7H15N5O. The molecule has 0 aliphatic carbocycles. The number of nitrogens with one attached hydrogen (secondary N) is 1. The predicted octanol–water partition coefficient (Wildman–Crippen LogP) is -0.519. The number of likely N-dealkylation sites (tertiary alicyclic amines) is 1. The van der Waals surface area contributed by atoms with Crippen molar-refractivity contribution in [1.29, 1.82) is 5.41 Å². The molecule has 1 rings (SSSR count). The summed E-state index contributed by atoms with van der Waals surface area (Å²) in [4.78, 5) is 1.65. The lowest BCUT2D eigenvalue weighted by Crippen LogP contribution is -2.52. The second-order valence-corrected chi connectivity index (χ2v) is 3.12. The van der Waals surface area contributed by atoms with Crippen molar-refractivity contribution in [2.45, 2.75) is 25.3 Å². The molecule has 74 valence electrons. The fraction of sp³-hybridized carbons (Fsp3) is 0.714. The first kappa shape index (κ1) is 9.63. The minimum absolute atomic E-state index is 0.0173. The maximum atomic E-state index is 8.51. The van der Waals surface area contributed by atoms with Crippen molar-refractivity contribution in [3.05, 3.63) is 0 Å². The molecule has 1 unspecified atom stereocenters. The minimum atomic E-state index is -0.212. The minimum Gasteiger partial charge on any atom is -0.409 e. The highest BCUT2D eigenvalue weighted by Gasteiger charge is 2.26. The van der Waals surface area contributed by atoms with Gasteiger partial charge in [0, 0.05) is 6.54 Å². The van der Waals surface area contributed by atoms with Crippen molar-refractivity contribution in [1.82, 2.24) is 4.90 Å². The van der Waals surface area contributed by atoms with Crippen LogP contribution in [-0.2, 0) is 0 Å². The third kappa shape index (κ3) is 2.01. The van der Waals surface area contributed by atoms with Gasteiger partial charge in [-0.25, -0.2) is 0 Å².